The number of carbonyl (C=O) groups excluding carboxylic acids is 2. The molecule has 5 nitrogen and oxygen atoms in total. The first kappa shape index (κ1) is 20.9. The molecule has 5 heteroatoms. The van der Waals surface area contributed by atoms with E-state index in [1.165, 1.54) is 0 Å². The second-order valence-corrected chi connectivity index (χ2v) is 7.62. The zero-order valence-corrected chi connectivity index (χ0v) is 17.3. The smallest absolute Gasteiger partial charge is 0.223 e. The molecule has 0 saturated carbocycles. The van der Waals surface area contributed by atoms with Crippen LogP contribution in [0.15, 0.2) is 48.5 Å². The molecule has 1 aliphatic heterocycles. The third-order valence-electron chi connectivity index (χ3n) is 5.47. The SMILES string of the molecule is CCCOc1ccc([C@H](C)NC(=O)C2CCN(c3ccc(C=O)cc3)CC2)cc1. The summed E-state index contributed by atoms with van der Waals surface area (Å²) >= 11 is 0. The number of ether oxygens (including phenoxy) is 1. The van der Waals surface area contributed by atoms with Gasteiger partial charge in [-0.2, -0.15) is 0 Å². The fraction of sp³-hybridized carbons (Fsp3) is 0.417. The Morgan fingerprint density at radius 3 is 2.38 bits per heavy atom. The summed E-state index contributed by atoms with van der Waals surface area (Å²) < 4.78 is 5.62. The maximum absolute atomic E-state index is 12.7. The second kappa shape index (κ2) is 10.1. The molecule has 1 saturated heterocycles. The molecule has 0 spiro atoms. The lowest BCUT2D eigenvalue weighted by molar-refractivity contribution is -0.126. The van der Waals surface area contributed by atoms with E-state index in [4.69, 9.17) is 4.74 Å². The Hall–Kier alpha value is -2.82. The predicted molar refractivity (Wildman–Crippen MR) is 116 cm³/mol. The van der Waals surface area contributed by atoms with Crippen LogP contribution in [0.3, 0.4) is 0 Å². The molecule has 1 atom stereocenters. The monoisotopic (exact) mass is 394 g/mol. The Balaban J connectivity index is 1.49. The fourth-order valence-corrected chi connectivity index (χ4v) is 3.65. The number of benzene rings is 2. The van der Waals surface area contributed by atoms with Crippen molar-refractivity contribution in [1.82, 2.24) is 5.32 Å². The maximum atomic E-state index is 12.7. The van der Waals surface area contributed by atoms with E-state index in [1.807, 2.05) is 55.5 Å². The zero-order chi connectivity index (χ0) is 20.6. The Morgan fingerprint density at radius 2 is 1.79 bits per heavy atom. The number of hydrogen-bond donors (Lipinski definition) is 1. The highest BCUT2D eigenvalue weighted by Crippen LogP contribution is 2.25. The molecule has 1 heterocycles. The van der Waals surface area contributed by atoms with E-state index in [-0.39, 0.29) is 17.9 Å². The Kier molecular flexibility index (Phi) is 7.28. The summed E-state index contributed by atoms with van der Waals surface area (Å²) in [5.41, 5.74) is 2.87. The number of rotatable bonds is 8. The molecule has 2 aromatic rings. The highest BCUT2D eigenvalue weighted by atomic mass is 16.5. The summed E-state index contributed by atoms with van der Waals surface area (Å²) in [6.07, 6.45) is 3.50. The number of nitrogens with one attached hydrogen (secondary N) is 1. The van der Waals surface area contributed by atoms with Crippen molar-refractivity contribution in [1.29, 1.82) is 0 Å². The minimum Gasteiger partial charge on any atom is -0.494 e. The minimum absolute atomic E-state index is 0.0309. The third-order valence-corrected chi connectivity index (χ3v) is 5.47. The number of aldehydes is 1. The zero-order valence-electron chi connectivity index (χ0n) is 17.3. The number of nitrogens with zero attached hydrogens (tertiary/aromatic N) is 1. The Bertz CT molecular complexity index is 794. The van der Waals surface area contributed by atoms with Crippen molar-refractivity contribution < 1.29 is 14.3 Å². The molecule has 0 unspecified atom stereocenters. The van der Waals surface area contributed by atoms with Gasteiger partial charge in [-0.25, -0.2) is 0 Å². The number of amides is 1. The van der Waals surface area contributed by atoms with Gasteiger partial charge in [0, 0.05) is 30.3 Å². The highest BCUT2D eigenvalue weighted by molar-refractivity contribution is 5.79. The molecular formula is C24H30N2O3. The number of carbonyl (C=O) groups is 2. The van der Waals surface area contributed by atoms with Crippen molar-refractivity contribution in [3.8, 4) is 5.75 Å². The number of hydrogen-bond acceptors (Lipinski definition) is 4. The van der Waals surface area contributed by atoms with Crippen molar-refractivity contribution in [2.75, 3.05) is 24.6 Å². The van der Waals surface area contributed by atoms with E-state index in [9.17, 15) is 9.59 Å². The summed E-state index contributed by atoms with van der Waals surface area (Å²) in [5, 5.41) is 3.16. The molecule has 1 aliphatic rings. The Labute approximate surface area is 173 Å². The molecule has 1 amide bonds. The van der Waals surface area contributed by atoms with Crippen molar-refractivity contribution in [2.24, 2.45) is 5.92 Å². The number of anilines is 1. The summed E-state index contributed by atoms with van der Waals surface area (Å²) in [6, 6.07) is 15.5. The van der Waals surface area contributed by atoms with E-state index in [2.05, 4.69) is 17.1 Å². The molecule has 154 valence electrons. The topological polar surface area (TPSA) is 58.6 Å². The van der Waals surface area contributed by atoms with E-state index in [0.717, 1.165) is 55.6 Å². The van der Waals surface area contributed by atoms with Gasteiger partial charge in [0.2, 0.25) is 5.91 Å². The molecule has 0 bridgehead atoms. The van der Waals surface area contributed by atoms with Crippen molar-refractivity contribution >= 4 is 17.9 Å². The van der Waals surface area contributed by atoms with Gasteiger partial charge in [-0.3, -0.25) is 9.59 Å². The second-order valence-electron chi connectivity index (χ2n) is 7.62. The van der Waals surface area contributed by atoms with Crippen LogP contribution < -0.4 is 15.0 Å². The van der Waals surface area contributed by atoms with Gasteiger partial charge in [-0.1, -0.05) is 19.1 Å². The van der Waals surface area contributed by atoms with Crippen LogP contribution in [0.4, 0.5) is 5.69 Å². The molecule has 0 aliphatic carbocycles. The van der Waals surface area contributed by atoms with E-state index >= 15 is 0 Å². The standard InChI is InChI=1S/C24H30N2O3/c1-3-16-29-23-10-6-20(7-11-23)18(2)25-24(28)21-12-14-26(15-13-21)22-8-4-19(17-27)5-9-22/h4-11,17-18,21H,3,12-16H2,1-2H3,(H,25,28)/t18-/m0/s1. The van der Waals surface area contributed by atoms with Gasteiger partial charge in [0.1, 0.15) is 12.0 Å². The van der Waals surface area contributed by atoms with Crippen LogP contribution in [0.1, 0.15) is 55.1 Å². The lowest BCUT2D eigenvalue weighted by atomic mass is 9.94. The lowest BCUT2D eigenvalue weighted by Crippen LogP contribution is -2.41. The number of piperidine rings is 1. The van der Waals surface area contributed by atoms with Crippen molar-refractivity contribution in [3.05, 3.63) is 59.7 Å². The average Bonchev–Trinajstić information content (AvgIpc) is 2.78. The lowest BCUT2D eigenvalue weighted by Gasteiger charge is -2.33. The first-order valence-corrected chi connectivity index (χ1v) is 10.4. The quantitative estimate of drug-likeness (QED) is 0.675. The summed E-state index contributed by atoms with van der Waals surface area (Å²) in [6.45, 7) is 6.50. The molecule has 3 rings (SSSR count). The van der Waals surface area contributed by atoms with Crippen LogP contribution in [0.25, 0.3) is 0 Å². The summed E-state index contributed by atoms with van der Waals surface area (Å²) in [7, 11) is 0. The van der Waals surface area contributed by atoms with Gasteiger partial charge in [-0.15, -0.1) is 0 Å². The molecule has 2 aromatic carbocycles. The Morgan fingerprint density at radius 1 is 1.14 bits per heavy atom. The van der Waals surface area contributed by atoms with Gasteiger partial charge in [0.05, 0.1) is 12.6 Å². The van der Waals surface area contributed by atoms with Gasteiger partial charge >= 0.3 is 0 Å². The van der Waals surface area contributed by atoms with Crippen LogP contribution in [-0.4, -0.2) is 31.9 Å². The van der Waals surface area contributed by atoms with Gasteiger partial charge < -0.3 is 15.0 Å². The van der Waals surface area contributed by atoms with Crippen LogP contribution >= 0.6 is 0 Å². The average molecular weight is 395 g/mol. The van der Waals surface area contributed by atoms with E-state index < -0.39 is 0 Å². The first-order chi connectivity index (χ1) is 14.1. The summed E-state index contributed by atoms with van der Waals surface area (Å²) in [5.74, 6) is 1.03. The van der Waals surface area contributed by atoms with Gasteiger partial charge in [-0.05, 0) is 68.1 Å². The molecule has 0 aromatic heterocycles. The largest absolute Gasteiger partial charge is 0.494 e. The van der Waals surface area contributed by atoms with Crippen LogP contribution in [0, 0.1) is 5.92 Å². The van der Waals surface area contributed by atoms with Crippen LogP contribution in [0.2, 0.25) is 0 Å². The van der Waals surface area contributed by atoms with E-state index in [0.29, 0.717) is 12.2 Å². The summed E-state index contributed by atoms with van der Waals surface area (Å²) in [4.78, 5) is 25.8. The molecule has 1 fully saturated rings. The molecule has 0 radical (unpaired) electrons. The minimum atomic E-state index is -0.0309. The first-order valence-electron chi connectivity index (χ1n) is 10.4. The van der Waals surface area contributed by atoms with Crippen LogP contribution in [-0.2, 0) is 4.79 Å². The van der Waals surface area contributed by atoms with Crippen LogP contribution in [0.5, 0.6) is 5.75 Å². The maximum Gasteiger partial charge on any atom is 0.223 e. The third kappa shape index (κ3) is 5.59. The fourth-order valence-electron chi connectivity index (χ4n) is 3.65. The van der Waals surface area contributed by atoms with Crippen molar-refractivity contribution in [2.45, 2.75) is 39.2 Å². The van der Waals surface area contributed by atoms with E-state index in [1.54, 1.807) is 0 Å². The molecule has 29 heavy (non-hydrogen) atoms. The normalized spacial score (nSPS) is 15.6. The highest BCUT2D eigenvalue weighted by Gasteiger charge is 2.26. The van der Waals surface area contributed by atoms with Crippen molar-refractivity contribution in [3.63, 3.8) is 0 Å². The predicted octanol–water partition coefficient (Wildman–Crippen LogP) is 4.38. The van der Waals surface area contributed by atoms with Gasteiger partial charge in [0.25, 0.3) is 0 Å². The van der Waals surface area contributed by atoms with Gasteiger partial charge in [0.15, 0.2) is 0 Å². The molecule has 1 N–H and O–H groups in total. The molecular weight excluding hydrogens is 364 g/mol.